The third-order valence-corrected chi connectivity index (χ3v) is 2.79. The minimum atomic E-state index is -0.710. The molecule has 0 aliphatic carbocycles. The number of rotatable bonds is 8. The van der Waals surface area contributed by atoms with Gasteiger partial charge in [-0.2, -0.15) is 0 Å². The summed E-state index contributed by atoms with van der Waals surface area (Å²) in [5.41, 5.74) is 0. The van der Waals surface area contributed by atoms with Gasteiger partial charge in [-0.3, -0.25) is 14.4 Å². The lowest BCUT2D eigenvalue weighted by Gasteiger charge is -2.16. The number of hydrogen-bond donors (Lipinski definition) is 0. The first kappa shape index (κ1) is 15.8. The minimum absolute atomic E-state index is 0.0447. The van der Waals surface area contributed by atoms with E-state index in [1.54, 1.807) is 20.8 Å². The van der Waals surface area contributed by atoms with Crippen molar-refractivity contribution >= 4 is 17.5 Å². The van der Waals surface area contributed by atoms with Crippen LogP contribution in [0.1, 0.15) is 53.4 Å². The fraction of sp³-hybridized carbons (Fsp3) is 0.769. The van der Waals surface area contributed by atoms with Gasteiger partial charge in [-0.25, -0.2) is 0 Å². The van der Waals surface area contributed by atoms with Crippen molar-refractivity contribution in [1.82, 2.24) is 0 Å². The fourth-order valence-corrected chi connectivity index (χ4v) is 1.44. The second-order valence-corrected chi connectivity index (χ2v) is 4.10. The van der Waals surface area contributed by atoms with E-state index in [9.17, 15) is 14.4 Å². The summed E-state index contributed by atoms with van der Waals surface area (Å²) in [6.07, 6.45) is 0.821. The molecule has 0 amide bonds. The number of Topliss-reactive ketones (excluding diaryl/α,β-unsaturated/α-hetero) is 2. The topological polar surface area (TPSA) is 60.4 Å². The zero-order valence-electron chi connectivity index (χ0n) is 11.1. The van der Waals surface area contributed by atoms with E-state index in [0.717, 1.165) is 0 Å². The summed E-state index contributed by atoms with van der Waals surface area (Å²) in [4.78, 5) is 34.3. The zero-order valence-corrected chi connectivity index (χ0v) is 11.1. The van der Waals surface area contributed by atoms with E-state index in [0.29, 0.717) is 19.3 Å². The molecule has 1 unspecified atom stereocenters. The highest BCUT2D eigenvalue weighted by atomic mass is 16.5. The summed E-state index contributed by atoms with van der Waals surface area (Å²) in [6, 6.07) is 0. The first-order valence-electron chi connectivity index (χ1n) is 6.21. The second kappa shape index (κ2) is 7.98. The van der Waals surface area contributed by atoms with Crippen molar-refractivity contribution in [1.29, 1.82) is 0 Å². The van der Waals surface area contributed by atoms with Gasteiger partial charge in [-0.05, 0) is 13.3 Å². The van der Waals surface area contributed by atoms with Gasteiger partial charge in [-0.1, -0.05) is 20.8 Å². The van der Waals surface area contributed by atoms with Crippen LogP contribution in [0.15, 0.2) is 0 Å². The van der Waals surface area contributed by atoms with E-state index in [4.69, 9.17) is 4.74 Å². The highest BCUT2D eigenvalue weighted by Gasteiger charge is 2.24. The third-order valence-electron chi connectivity index (χ3n) is 2.79. The van der Waals surface area contributed by atoms with Crippen molar-refractivity contribution in [3.8, 4) is 0 Å². The number of hydrogen-bond acceptors (Lipinski definition) is 4. The van der Waals surface area contributed by atoms with Crippen LogP contribution in [0.2, 0.25) is 0 Å². The quantitative estimate of drug-likeness (QED) is 0.613. The van der Waals surface area contributed by atoms with Crippen molar-refractivity contribution in [2.24, 2.45) is 5.92 Å². The molecule has 0 saturated carbocycles. The van der Waals surface area contributed by atoms with Crippen LogP contribution in [-0.2, 0) is 19.1 Å². The van der Waals surface area contributed by atoms with Crippen LogP contribution in [-0.4, -0.2) is 23.6 Å². The van der Waals surface area contributed by atoms with Gasteiger partial charge in [0.25, 0.3) is 0 Å². The van der Waals surface area contributed by atoms with Gasteiger partial charge in [0.05, 0.1) is 5.92 Å². The van der Waals surface area contributed by atoms with Crippen molar-refractivity contribution in [3.05, 3.63) is 0 Å². The molecule has 0 heterocycles. The van der Waals surface area contributed by atoms with Crippen LogP contribution in [0.3, 0.4) is 0 Å². The molecule has 0 saturated heterocycles. The van der Waals surface area contributed by atoms with Crippen LogP contribution >= 0.6 is 0 Å². The molecule has 0 aromatic rings. The number of esters is 1. The Bertz CT molecular complexity index is 283. The maximum atomic E-state index is 11.7. The highest BCUT2D eigenvalue weighted by Crippen LogP contribution is 2.14. The second-order valence-electron chi connectivity index (χ2n) is 4.10. The van der Waals surface area contributed by atoms with Crippen LogP contribution in [0.5, 0.6) is 0 Å². The Morgan fingerprint density at radius 3 is 2.06 bits per heavy atom. The van der Waals surface area contributed by atoms with Crippen LogP contribution in [0.25, 0.3) is 0 Å². The van der Waals surface area contributed by atoms with Crippen LogP contribution < -0.4 is 0 Å². The lowest BCUT2D eigenvalue weighted by atomic mass is 9.98. The minimum Gasteiger partial charge on any atom is -0.454 e. The third kappa shape index (κ3) is 5.61. The molecule has 2 atom stereocenters. The number of carbonyl (C=O) groups excluding carboxylic acids is 3. The fourth-order valence-electron chi connectivity index (χ4n) is 1.44. The van der Waals surface area contributed by atoms with E-state index >= 15 is 0 Å². The standard InChI is InChI=1S/C13H22O4/c1-5-10(8-11(14)6-2)13(16)17-9(4)12(15)7-3/h9-10H,5-8H2,1-4H3/t9?,10-/m1/s1. The highest BCUT2D eigenvalue weighted by molar-refractivity contribution is 5.87. The van der Waals surface area contributed by atoms with Gasteiger partial charge >= 0.3 is 5.97 Å². The van der Waals surface area contributed by atoms with Crippen molar-refractivity contribution in [2.45, 2.75) is 59.5 Å². The Balaban J connectivity index is 4.35. The Hall–Kier alpha value is -1.19. The molecule has 0 fully saturated rings. The average molecular weight is 242 g/mol. The van der Waals surface area contributed by atoms with E-state index < -0.39 is 18.0 Å². The maximum absolute atomic E-state index is 11.7. The van der Waals surface area contributed by atoms with Crippen molar-refractivity contribution in [2.75, 3.05) is 0 Å². The molecule has 17 heavy (non-hydrogen) atoms. The number of ether oxygens (including phenoxy) is 1. The van der Waals surface area contributed by atoms with Gasteiger partial charge in [0, 0.05) is 19.3 Å². The lowest BCUT2D eigenvalue weighted by molar-refractivity contribution is -0.159. The molecule has 0 rings (SSSR count). The number of ketones is 2. The van der Waals surface area contributed by atoms with Crippen molar-refractivity contribution < 1.29 is 19.1 Å². The zero-order chi connectivity index (χ0) is 13.4. The molecule has 0 aliphatic heterocycles. The summed E-state index contributed by atoms with van der Waals surface area (Å²) in [7, 11) is 0. The van der Waals surface area contributed by atoms with Gasteiger partial charge in [0.2, 0.25) is 0 Å². The Kier molecular flexibility index (Phi) is 7.42. The molecule has 0 aromatic carbocycles. The lowest BCUT2D eigenvalue weighted by Crippen LogP contribution is -2.28. The predicted octanol–water partition coefficient (Wildman–Crippen LogP) is 2.29. The first-order valence-corrected chi connectivity index (χ1v) is 6.21. The molecular weight excluding hydrogens is 220 g/mol. The SMILES string of the molecule is CCC(=O)C[C@@H](CC)C(=O)OC(C)C(=O)CC. The molecule has 0 aromatic heterocycles. The molecule has 0 spiro atoms. The molecule has 4 heteroatoms. The molecule has 0 radical (unpaired) electrons. The molecule has 4 nitrogen and oxygen atoms in total. The predicted molar refractivity (Wildman–Crippen MR) is 64.5 cm³/mol. The first-order chi connectivity index (χ1) is 7.96. The summed E-state index contributed by atoms with van der Waals surface area (Å²) in [5.74, 6) is -0.920. The normalized spacial score (nSPS) is 13.9. The molecule has 0 aliphatic rings. The summed E-state index contributed by atoms with van der Waals surface area (Å²) < 4.78 is 5.06. The van der Waals surface area contributed by atoms with Gasteiger partial charge in [0.15, 0.2) is 11.9 Å². The largest absolute Gasteiger partial charge is 0.454 e. The molecule has 0 bridgehead atoms. The maximum Gasteiger partial charge on any atom is 0.310 e. The average Bonchev–Trinajstić information content (AvgIpc) is 2.33. The van der Waals surface area contributed by atoms with Crippen molar-refractivity contribution in [3.63, 3.8) is 0 Å². The van der Waals surface area contributed by atoms with Crippen LogP contribution in [0, 0.1) is 5.92 Å². The smallest absolute Gasteiger partial charge is 0.310 e. The van der Waals surface area contributed by atoms with Gasteiger partial charge in [0.1, 0.15) is 5.78 Å². The van der Waals surface area contributed by atoms with E-state index in [1.807, 2.05) is 6.92 Å². The Morgan fingerprint density at radius 2 is 1.65 bits per heavy atom. The molecule has 98 valence electrons. The summed E-state index contributed by atoms with van der Waals surface area (Å²) in [5, 5.41) is 0. The molecular formula is C13H22O4. The van der Waals surface area contributed by atoms with Crippen LogP contribution in [0.4, 0.5) is 0 Å². The summed E-state index contributed by atoms with van der Waals surface area (Å²) >= 11 is 0. The number of carbonyl (C=O) groups is 3. The van der Waals surface area contributed by atoms with Gasteiger partial charge in [-0.15, -0.1) is 0 Å². The summed E-state index contributed by atoms with van der Waals surface area (Å²) in [6.45, 7) is 6.90. The molecule has 0 N–H and O–H groups in total. The monoisotopic (exact) mass is 242 g/mol. The Morgan fingerprint density at radius 1 is 1.06 bits per heavy atom. The van der Waals surface area contributed by atoms with Gasteiger partial charge < -0.3 is 4.74 Å². The van der Waals surface area contributed by atoms with E-state index in [2.05, 4.69) is 0 Å². The Labute approximate surface area is 103 Å². The van der Waals surface area contributed by atoms with E-state index in [-0.39, 0.29) is 18.0 Å². The van der Waals surface area contributed by atoms with E-state index in [1.165, 1.54) is 0 Å².